The van der Waals surface area contributed by atoms with Gasteiger partial charge in [0.1, 0.15) is 11.5 Å². The predicted molar refractivity (Wildman–Crippen MR) is 102 cm³/mol. The normalized spacial score (nSPS) is 14.1. The van der Waals surface area contributed by atoms with Crippen LogP contribution in [0.25, 0.3) is 0 Å². The van der Waals surface area contributed by atoms with Crippen LogP contribution >= 0.6 is 0 Å². The third-order valence-electron chi connectivity index (χ3n) is 4.61. The number of hydrogen-bond acceptors (Lipinski definition) is 4. The van der Waals surface area contributed by atoms with Crippen molar-refractivity contribution in [3.8, 4) is 0 Å². The van der Waals surface area contributed by atoms with Crippen LogP contribution in [-0.4, -0.2) is 31.1 Å². The van der Waals surface area contributed by atoms with Gasteiger partial charge in [0, 0.05) is 17.8 Å². The van der Waals surface area contributed by atoms with Crippen molar-refractivity contribution in [2.24, 2.45) is 0 Å². The largest absolute Gasteiger partial charge is 0.307 e. The number of halogens is 1. The van der Waals surface area contributed by atoms with Crippen molar-refractivity contribution in [3.63, 3.8) is 0 Å². The molecule has 0 radical (unpaired) electrons. The minimum Gasteiger partial charge on any atom is -0.307 e. The zero-order chi connectivity index (χ0) is 19.9. The number of rotatable bonds is 4. The molecule has 0 atom stereocenters. The van der Waals surface area contributed by atoms with E-state index >= 15 is 0 Å². The third-order valence-corrected chi connectivity index (χ3v) is 5.97. The summed E-state index contributed by atoms with van der Waals surface area (Å²) in [7, 11) is -3.95. The molecule has 0 unspecified atom stereocenters. The molecule has 0 spiro atoms. The maximum absolute atomic E-state index is 13.0. The number of carbonyl (C=O) groups excluding carboxylic acids is 1. The molecule has 1 aliphatic rings. The Hall–Kier alpha value is -3.20. The van der Waals surface area contributed by atoms with E-state index in [4.69, 9.17) is 0 Å². The number of anilines is 2. The first-order chi connectivity index (χ1) is 13.3. The summed E-state index contributed by atoms with van der Waals surface area (Å²) >= 11 is 0. The minimum absolute atomic E-state index is 0.0798. The van der Waals surface area contributed by atoms with Gasteiger partial charge in [0.15, 0.2) is 5.82 Å². The maximum Gasteiger partial charge on any atom is 0.276 e. The first kappa shape index (κ1) is 18.2. The number of nitrogens with zero attached hydrogens (tertiary/aromatic N) is 2. The van der Waals surface area contributed by atoms with Crippen LogP contribution < -0.4 is 9.62 Å². The molecule has 2 aromatic carbocycles. The summed E-state index contributed by atoms with van der Waals surface area (Å²) in [6.45, 7) is 2.37. The zero-order valence-electron chi connectivity index (χ0n) is 14.9. The van der Waals surface area contributed by atoms with Crippen molar-refractivity contribution in [3.05, 3.63) is 71.2 Å². The second-order valence-electron chi connectivity index (χ2n) is 6.53. The first-order valence-electron chi connectivity index (χ1n) is 8.59. The van der Waals surface area contributed by atoms with Gasteiger partial charge in [-0.05, 0) is 49.7 Å². The van der Waals surface area contributed by atoms with E-state index in [0.717, 1.165) is 23.4 Å². The van der Waals surface area contributed by atoms with Crippen LogP contribution in [0.1, 0.15) is 21.6 Å². The van der Waals surface area contributed by atoms with Gasteiger partial charge in [-0.1, -0.05) is 17.7 Å². The highest BCUT2D eigenvalue weighted by molar-refractivity contribution is 7.92. The lowest BCUT2D eigenvalue weighted by Gasteiger charge is -2.26. The standard InChI is InChI=1S/C19H17FN4O3S/c1-12-2-6-14(7-3-12)24-11-10-16-17(19(24)25)21-22-18(16)23-28(26,27)15-8-4-13(20)5-9-15/h2-9H,10-11H2,1H3,(H2,21,22,23). The molecule has 0 bridgehead atoms. The fourth-order valence-corrected chi connectivity index (χ4v) is 4.14. The molecule has 9 heteroatoms. The first-order valence-corrected chi connectivity index (χ1v) is 10.1. The van der Waals surface area contributed by atoms with E-state index in [2.05, 4.69) is 14.9 Å². The SMILES string of the molecule is Cc1ccc(N2CCc3c(NS(=O)(=O)c4ccc(F)cc4)n[nH]c3C2=O)cc1. The van der Waals surface area contributed by atoms with Crippen molar-refractivity contribution >= 4 is 27.4 Å². The van der Waals surface area contributed by atoms with Crippen LogP contribution in [0.15, 0.2) is 53.4 Å². The number of carbonyl (C=O) groups is 1. The van der Waals surface area contributed by atoms with Crippen molar-refractivity contribution < 1.29 is 17.6 Å². The average Bonchev–Trinajstić information content (AvgIpc) is 3.06. The number of aromatic nitrogens is 2. The number of hydrogen-bond donors (Lipinski definition) is 2. The summed E-state index contributed by atoms with van der Waals surface area (Å²) in [6, 6.07) is 12.1. The van der Waals surface area contributed by atoms with Crippen molar-refractivity contribution in [2.75, 3.05) is 16.2 Å². The summed E-state index contributed by atoms with van der Waals surface area (Å²) in [5.74, 6) is -0.723. The molecular formula is C19H17FN4O3S. The average molecular weight is 400 g/mol. The van der Waals surface area contributed by atoms with Gasteiger partial charge in [-0.2, -0.15) is 5.10 Å². The van der Waals surface area contributed by atoms with Crippen LogP contribution in [0.5, 0.6) is 0 Å². The third kappa shape index (κ3) is 3.24. The monoisotopic (exact) mass is 400 g/mol. The van der Waals surface area contributed by atoms with E-state index in [1.807, 2.05) is 31.2 Å². The Bertz CT molecular complexity index is 1140. The highest BCUT2D eigenvalue weighted by atomic mass is 32.2. The molecule has 4 rings (SSSR count). The fraction of sp³-hybridized carbons (Fsp3) is 0.158. The van der Waals surface area contributed by atoms with Crippen molar-refractivity contribution in [2.45, 2.75) is 18.2 Å². The summed E-state index contributed by atoms with van der Waals surface area (Å²) in [5, 5.41) is 6.62. The Morgan fingerprint density at radius 1 is 1.11 bits per heavy atom. The predicted octanol–water partition coefficient (Wildman–Crippen LogP) is 2.86. The van der Waals surface area contributed by atoms with E-state index in [1.165, 1.54) is 12.1 Å². The molecule has 28 heavy (non-hydrogen) atoms. The lowest BCUT2D eigenvalue weighted by molar-refractivity contribution is 0.0976. The highest BCUT2D eigenvalue weighted by Gasteiger charge is 2.31. The van der Waals surface area contributed by atoms with Gasteiger partial charge in [-0.25, -0.2) is 12.8 Å². The topological polar surface area (TPSA) is 95.2 Å². The summed E-state index contributed by atoms with van der Waals surface area (Å²) in [5.41, 5.74) is 2.62. The Morgan fingerprint density at radius 2 is 1.79 bits per heavy atom. The summed E-state index contributed by atoms with van der Waals surface area (Å²) in [6.07, 6.45) is 0.437. The Labute approximate surface area is 161 Å². The number of fused-ring (bicyclic) bond motifs is 1. The number of aromatic amines is 1. The molecule has 1 amide bonds. The van der Waals surface area contributed by atoms with E-state index in [1.54, 1.807) is 4.90 Å². The lowest BCUT2D eigenvalue weighted by Crippen LogP contribution is -2.37. The van der Waals surface area contributed by atoms with Crippen LogP contribution in [0.3, 0.4) is 0 Å². The minimum atomic E-state index is -3.95. The van der Waals surface area contributed by atoms with Gasteiger partial charge >= 0.3 is 0 Å². The van der Waals surface area contributed by atoms with Gasteiger partial charge in [-0.15, -0.1) is 0 Å². The molecule has 1 aromatic heterocycles. The van der Waals surface area contributed by atoms with Gasteiger partial charge in [0.2, 0.25) is 0 Å². The number of H-pyrrole nitrogens is 1. The molecule has 2 heterocycles. The number of sulfonamides is 1. The Balaban J connectivity index is 1.61. The van der Waals surface area contributed by atoms with Gasteiger partial charge in [0.25, 0.3) is 15.9 Å². The van der Waals surface area contributed by atoms with Crippen LogP contribution in [0.2, 0.25) is 0 Å². The molecule has 0 fully saturated rings. The number of amides is 1. The zero-order valence-corrected chi connectivity index (χ0v) is 15.8. The molecule has 3 aromatic rings. The van der Waals surface area contributed by atoms with Gasteiger partial charge in [-0.3, -0.25) is 14.6 Å². The number of aryl methyl sites for hydroxylation is 1. The lowest BCUT2D eigenvalue weighted by atomic mass is 10.1. The van der Waals surface area contributed by atoms with Crippen LogP contribution in [-0.2, 0) is 16.4 Å². The molecule has 2 N–H and O–H groups in total. The molecule has 0 aliphatic carbocycles. The maximum atomic E-state index is 13.0. The quantitative estimate of drug-likeness (QED) is 0.704. The van der Waals surface area contributed by atoms with Gasteiger partial charge < -0.3 is 4.90 Å². The number of benzene rings is 2. The number of nitrogens with one attached hydrogen (secondary N) is 2. The van der Waals surface area contributed by atoms with E-state index < -0.39 is 15.8 Å². The fourth-order valence-electron chi connectivity index (χ4n) is 3.10. The molecular weight excluding hydrogens is 383 g/mol. The van der Waals surface area contributed by atoms with E-state index in [-0.39, 0.29) is 22.3 Å². The van der Waals surface area contributed by atoms with Crippen molar-refractivity contribution in [1.29, 1.82) is 0 Å². The molecule has 0 saturated carbocycles. The van der Waals surface area contributed by atoms with Crippen LogP contribution in [0.4, 0.5) is 15.9 Å². The molecule has 0 saturated heterocycles. The summed E-state index contributed by atoms with van der Waals surface area (Å²) < 4.78 is 40.5. The molecule has 144 valence electrons. The highest BCUT2D eigenvalue weighted by Crippen LogP contribution is 2.28. The Morgan fingerprint density at radius 3 is 2.46 bits per heavy atom. The van der Waals surface area contributed by atoms with E-state index in [0.29, 0.717) is 18.5 Å². The van der Waals surface area contributed by atoms with Crippen molar-refractivity contribution in [1.82, 2.24) is 10.2 Å². The van der Waals surface area contributed by atoms with Gasteiger partial charge in [0.05, 0.1) is 4.90 Å². The van der Waals surface area contributed by atoms with Crippen LogP contribution in [0, 0.1) is 12.7 Å². The summed E-state index contributed by atoms with van der Waals surface area (Å²) in [4.78, 5) is 14.4. The second-order valence-corrected chi connectivity index (χ2v) is 8.21. The second kappa shape index (κ2) is 6.75. The van der Waals surface area contributed by atoms with E-state index in [9.17, 15) is 17.6 Å². The smallest absolute Gasteiger partial charge is 0.276 e. The molecule has 7 nitrogen and oxygen atoms in total. The Kier molecular flexibility index (Phi) is 4.38. The molecule has 1 aliphatic heterocycles.